The molecule has 0 aromatic heterocycles. The smallest absolute Gasteiger partial charge is 0.261 e. The van der Waals surface area contributed by atoms with Gasteiger partial charge >= 0.3 is 0 Å². The highest BCUT2D eigenvalue weighted by molar-refractivity contribution is 6.21. The van der Waals surface area contributed by atoms with Crippen LogP contribution in [0.25, 0.3) is 10.8 Å². The van der Waals surface area contributed by atoms with E-state index in [1.54, 1.807) is 29.2 Å². The van der Waals surface area contributed by atoms with Crippen LogP contribution in [-0.4, -0.2) is 82.3 Å². The Labute approximate surface area is 262 Å². The lowest BCUT2D eigenvalue weighted by Gasteiger charge is -2.29. The minimum atomic E-state index is -1.23. The lowest BCUT2D eigenvalue weighted by molar-refractivity contribution is -0.142. The molecule has 1 saturated heterocycles. The molecule has 5 amide bonds. The standard InChI is InChI=1S/C35H40N4O6/c1-3-23(4-2)33(43)38-17-9-14-30(38)32(42)37-29(19-22-15-16-24-10-5-6-11-25(24)18-22)31(41)36-20-26(40)21-39-34(44)27-12-7-8-13-28(27)35(39)45/h5-8,10-13,15-16,18,23,26,29-30,40H,3-4,9,14,17,19-21H2,1-2H3,(H,36,41)(H,37,42)/t26-,29-,30?/m1/s1. The van der Waals surface area contributed by atoms with Crippen molar-refractivity contribution in [2.24, 2.45) is 5.92 Å². The number of rotatable bonds is 12. The van der Waals surface area contributed by atoms with Gasteiger partial charge in [0.2, 0.25) is 17.7 Å². The van der Waals surface area contributed by atoms with Crippen LogP contribution < -0.4 is 10.6 Å². The predicted molar refractivity (Wildman–Crippen MR) is 169 cm³/mol. The normalized spacial score (nSPS) is 17.5. The predicted octanol–water partition coefficient (Wildman–Crippen LogP) is 3.07. The van der Waals surface area contributed by atoms with Gasteiger partial charge in [-0.25, -0.2) is 0 Å². The second kappa shape index (κ2) is 14.0. The van der Waals surface area contributed by atoms with E-state index in [2.05, 4.69) is 10.6 Å². The van der Waals surface area contributed by atoms with Crippen molar-refractivity contribution in [3.63, 3.8) is 0 Å². The van der Waals surface area contributed by atoms with E-state index < -0.39 is 35.9 Å². The Morgan fingerprint density at radius 1 is 0.911 bits per heavy atom. The van der Waals surface area contributed by atoms with Crippen LogP contribution in [0, 0.1) is 5.92 Å². The number of carbonyl (C=O) groups is 5. The average Bonchev–Trinajstić information content (AvgIpc) is 3.64. The first-order chi connectivity index (χ1) is 21.7. The Balaban J connectivity index is 1.28. The number of nitrogens with zero attached hydrogens (tertiary/aromatic N) is 2. The minimum absolute atomic E-state index is 0.0375. The molecule has 0 aliphatic carbocycles. The number of hydrogen-bond donors (Lipinski definition) is 3. The fourth-order valence-corrected chi connectivity index (χ4v) is 6.28. The zero-order valence-corrected chi connectivity index (χ0v) is 25.7. The molecular formula is C35H40N4O6. The van der Waals surface area contributed by atoms with Crippen LogP contribution in [0.2, 0.25) is 0 Å². The maximum Gasteiger partial charge on any atom is 0.261 e. The topological polar surface area (TPSA) is 136 Å². The van der Waals surface area contributed by atoms with E-state index in [0.29, 0.717) is 32.2 Å². The zero-order valence-electron chi connectivity index (χ0n) is 25.7. The molecule has 5 rings (SSSR count). The van der Waals surface area contributed by atoms with E-state index >= 15 is 0 Å². The second-order valence-corrected chi connectivity index (χ2v) is 11.8. The quantitative estimate of drug-likeness (QED) is 0.269. The maximum atomic E-state index is 13.6. The van der Waals surface area contributed by atoms with Gasteiger partial charge in [-0.1, -0.05) is 68.4 Å². The molecule has 0 radical (unpaired) electrons. The van der Waals surface area contributed by atoms with Crippen molar-refractivity contribution in [3.05, 3.63) is 83.4 Å². The van der Waals surface area contributed by atoms with Crippen molar-refractivity contribution in [1.82, 2.24) is 20.4 Å². The average molecular weight is 613 g/mol. The van der Waals surface area contributed by atoms with Crippen LogP contribution in [0.5, 0.6) is 0 Å². The molecule has 2 aliphatic heterocycles. The first-order valence-electron chi connectivity index (χ1n) is 15.7. The Morgan fingerprint density at radius 3 is 2.22 bits per heavy atom. The summed E-state index contributed by atoms with van der Waals surface area (Å²) in [6, 6.07) is 18.5. The molecule has 0 spiro atoms. The van der Waals surface area contributed by atoms with Crippen molar-refractivity contribution in [2.45, 2.75) is 64.1 Å². The Bertz CT molecular complexity index is 1570. The summed E-state index contributed by atoms with van der Waals surface area (Å²) in [7, 11) is 0. The summed E-state index contributed by atoms with van der Waals surface area (Å²) in [6.07, 6.45) is 1.56. The molecule has 45 heavy (non-hydrogen) atoms. The number of hydrogen-bond acceptors (Lipinski definition) is 6. The van der Waals surface area contributed by atoms with Crippen LogP contribution in [0.15, 0.2) is 66.7 Å². The summed E-state index contributed by atoms with van der Waals surface area (Å²) in [4.78, 5) is 68.4. The highest BCUT2D eigenvalue weighted by Crippen LogP contribution is 2.24. The minimum Gasteiger partial charge on any atom is -0.389 e. The van der Waals surface area contributed by atoms with Gasteiger partial charge in [-0.15, -0.1) is 0 Å². The first kappa shape index (κ1) is 31.8. The van der Waals surface area contributed by atoms with Crippen molar-refractivity contribution >= 4 is 40.3 Å². The Morgan fingerprint density at radius 2 is 1.56 bits per heavy atom. The molecule has 2 aliphatic rings. The van der Waals surface area contributed by atoms with Crippen molar-refractivity contribution < 1.29 is 29.1 Å². The van der Waals surface area contributed by atoms with Crippen molar-refractivity contribution in [2.75, 3.05) is 19.6 Å². The molecule has 3 N–H and O–H groups in total. The molecule has 3 aromatic rings. The third-order valence-electron chi connectivity index (χ3n) is 8.84. The number of likely N-dealkylation sites (tertiary alicyclic amines) is 1. The maximum absolute atomic E-state index is 13.6. The number of β-amino-alcohol motifs (C(OH)–C–C–N with tert-alkyl or cyclic N) is 1. The van der Waals surface area contributed by atoms with Gasteiger partial charge in [0, 0.05) is 25.4 Å². The number of aliphatic hydroxyl groups excluding tert-OH is 1. The van der Waals surface area contributed by atoms with Gasteiger partial charge in [0.25, 0.3) is 11.8 Å². The van der Waals surface area contributed by atoms with E-state index in [1.807, 2.05) is 56.3 Å². The number of benzene rings is 3. The number of fused-ring (bicyclic) bond motifs is 2. The van der Waals surface area contributed by atoms with Gasteiger partial charge in [-0.3, -0.25) is 28.9 Å². The molecule has 2 heterocycles. The second-order valence-electron chi connectivity index (χ2n) is 11.8. The number of aliphatic hydroxyl groups is 1. The van der Waals surface area contributed by atoms with Crippen LogP contribution in [0.4, 0.5) is 0 Å². The third-order valence-corrected chi connectivity index (χ3v) is 8.84. The molecule has 3 atom stereocenters. The molecule has 3 aromatic carbocycles. The summed E-state index contributed by atoms with van der Waals surface area (Å²) in [5, 5.41) is 18.4. The van der Waals surface area contributed by atoms with E-state index in [-0.39, 0.29) is 48.4 Å². The molecule has 0 bridgehead atoms. The molecule has 236 valence electrons. The zero-order chi connectivity index (χ0) is 32.1. The van der Waals surface area contributed by atoms with E-state index in [1.165, 1.54) is 0 Å². The highest BCUT2D eigenvalue weighted by atomic mass is 16.3. The largest absolute Gasteiger partial charge is 0.389 e. The Kier molecular flexibility index (Phi) is 9.93. The van der Waals surface area contributed by atoms with Gasteiger partial charge < -0.3 is 20.6 Å². The lowest BCUT2D eigenvalue weighted by Crippen LogP contribution is -2.55. The van der Waals surface area contributed by atoms with Crippen molar-refractivity contribution in [3.8, 4) is 0 Å². The molecule has 10 heteroatoms. The van der Waals surface area contributed by atoms with Crippen LogP contribution in [0.3, 0.4) is 0 Å². The first-order valence-corrected chi connectivity index (χ1v) is 15.7. The fourth-order valence-electron chi connectivity index (χ4n) is 6.28. The number of carbonyl (C=O) groups excluding carboxylic acids is 5. The number of imide groups is 1. The third kappa shape index (κ3) is 6.91. The molecule has 1 unspecified atom stereocenters. The fraction of sp³-hybridized carbons (Fsp3) is 0.400. The molecule has 0 saturated carbocycles. The summed E-state index contributed by atoms with van der Waals surface area (Å²) >= 11 is 0. The number of nitrogens with one attached hydrogen (secondary N) is 2. The van der Waals surface area contributed by atoms with Crippen LogP contribution in [0.1, 0.15) is 65.8 Å². The van der Waals surface area contributed by atoms with Gasteiger partial charge in [0.15, 0.2) is 0 Å². The van der Waals surface area contributed by atoms with E-state index in [4.69, 9.17) is 0 Å². The van der Waals surface area contributed by atoms with Gasteiger partial charge in [0.1, 0.15) is 12.1 Å². The van der Waals surface area contributed by atoms with Crippen LogP contribution >= 0.6 is 0 Å². The summed E-state index contributed by atoms with van der Waals surface area (Å²) in [6.45, 7) is 3.90. The molecule has 1 fully saturated rings. The van der Waals surface area contributed by atoms with Gasteiger partial charge in [-0.05, 0) is 54.2 Å². The van der Waals surface area contributed by atoms with Crippen LogP contribution in [-0.2, 0) is 20.8 Å². The summed E-state index contributed by atoms with van der Waals surface area (Å²) in [5.74, 6) is -2.09. The van der Waals surface area contributed by atoms with E-state index in [9.17, 15) is 29.1 Å². The van der Waals surface area contributed by atoms with Crippen molar-refractivity contribution in [1.29, 1.82) is 0 Å². The lowest BCUT2D eigenvalue weighted by atomic mass is 10.00. The highest BCUT2D eigenvalue weighted by Gasteiger charge is 2.38. The molecule has 10 nitrogen and oxygen atoms in total. The van der Waals surface area contributed by atoms with Gasteiger partial charge in [0.05, 0.1) is 23.8 Å². The summed E-state index contributed by atoms with van der Waals surface area (Å²) < 4.78 is 0. The number of amides is 5. The Hall–Kier alpha value is -4.57. The monoisotopic (exact) mass is 612 g/mol. The van der Waals surface area contributed by atoms with Gasteiger partial charge in [-0.2, -0.15) is 0 Å². The van der Waals surface area contributed by atoms with E-state index in [0.717, 1.165) is 21.2 Å². The summed E-state index contributed by atoms with van der Waals surface area (Å²) in [5.41, 5.74) is 1.39. The molecular weight excluding hydrogens is 572 g/mol. The SMILES string of the molecule is CCC(CC)C(=O)N1CCCC1C(=O)N[C@H](Cc1ccc2ccccc2c1)C(=O)NC[C@@H](O)CN1C(=O)c2ccccc2C1=O.